The van der Waals surface area contributed by atoms with Crippen LogP contribution in [-0.4, -0.2) is 5.11 Å². The molecule has 0 aliphatic heterocycles. The van der Waals surface area contributed by atoms with Crippen LogP contribution in [0.5, 0.6) is 0 Å². The van der Waals surface area contributed by atoms with Crippen molar-refractivity contribution in [3.8, 4) is 0 Å². The lowest BCUT2D eigenvalue weighted by molar-refractivity contribution is 0.354. The molecule has 0 spiro atoms. The van der Waals surface area contributed by atoms with Crippen molar-refractivity contribution in [1.29, 1.82) is 0 Å². The first-order chi connectivity index (χ1) is 3.18. The van der Waals surface area contributed by atoms with Crippen molar-refractivity contribution < 1.29 is 5.11 Å². The number of halogens is 1. The molecule has 0 aromatic rings. The highest BCUT2D eigenvalue weighted by molar-refractivity contribution is 9.11. The maximum Gasteiger partial charge on any atom is 0.102 e. The summed E-state index contributed by atoms with van der Waals surface area (Å²) in [6.45, 7) is 3.85. The second-order valence-corrected chi connectivity index (χ2v) is 2.15. The largest absolute Gasteiger partial charge is 0.512 e. The Morgan fingerprint density at radius 3 is 2.14 bits per heavy atom. The Morgan fingerprint density at radius 2 is 2.14 bits per heavy atom. The Morgan fingerprint density at radius 1 is 1.71 bits per heavy atom. The Labute approximate surface area is 52.2 Å². The van der Waals surface area contributed by atoms with Gasteiger partial charge < -0.3 is 5.11 Å². The summed E-state index contributed by atoms with van der Waals surface area (Å²) in [7, 11) is 0. The first-order valence-corrected chi connectivity index (χ1v) is 3.09. The lowest BCUT2D eigenvalue weighted by Gasteiger charge is -1.98. The van der Waals surface area contributed by atoms with E-state index in [2.05, 4.69) is 15.9 Å². The van der Waals surface area contributed by atoms with Crippen LogP contribution >= 0.6 is 15.9 Å². The maximum absolute atomic E-state index is 8.75. The molecule has 0 unspecified atom stereocenters. The summed E-state index contributed by atoms with van der Waals surface area (Å²) in [6, 6.07) is 0. The van der Waals surface area contributed by atoms with Crippen LogP contribution in [0.4, 0.5) is 0 Å². The van der Waals surface area contributed by atoms with Crippen LogP contribution in [0.2, 0.25) is 0 Å². The molecule has 1 nitrogen and oxygen atoms in total. The fraction of sp³-hybridized carbons (Fsp3) is 0.600. The zero-order valence-electron chi connectivity index (χ0n) is 4.48. The van der Waals surface area contributed by atoms with E-state index in [1.54, 1.807) is 0 Å². The van der Waals surface area contributed by atoms with Crippen molar-refractivity contribution in [2.45, 2.75) is 13.8 Å². The lowest BCUT2D eigenvalue weighted by Crippen LogP contribution is -1.88. The van der Waals surface area contributed by atoms with Gasteiger partial charge in [0.05, 0.1) is 0 Å². The van der Waals surface area contributed by atoms with E-state index in [9.17, 15) is 0 Å². The van der Waals surface area contributed by atoms with Crippen LogP contribution in [-0.2, 0) is 0 Å². The van der Waals surface area contributed by atoms with Crippen molar-refractivity contribution in [2.75, 3.05) is 0 Å². The smallest absolute Gasteiger partial charge is 0.102 e. The van der Waals surface area contributed by atoms with Gasteiger partial charge in [0.2, 0.25) is 0 Å². The summed E-state index contributed by atoms with van der Waals surface area (Å²) in [4.78, 5) is 1.53. The van der Waals surface area contributed by atoms with Gasteiger partial charge in [0.25, 0.3) is 0 Å². The van der Waals surface area contributed by atoms with E-state index >= 15 is 0 Å². The summed E-state index contributed by atoms with van der Waals surface area (Å²) < 4.78 is 0. The standard InChI is InChI=1S/C5H9BrO/c1-4(2)5(7)3-6/h3-4,7H,1-2H3. The van der Waals surface area contributed by atoms with Gasteiger partial charge >= 0.3 is 0 Å². The molecule has 1 N–H and O–H groups in total. The molecule has 0 aromatic heterocycles. The normalized spacial score (nSPS) is 12.9. The van der Waals surface area contributed by atoms with Gasteiger partial charge in [0.15, 0.2) is 0 Å². The highest BCUT2D eigenvalue weighted by atomic mass is 79.9. The molecule has 0 aliphatic carbocycles. The molecule has 0 rings (SSSR count). The number of hydrogen-bond donors (Lipinski definition) is 1. The first kappa shape index (κ1) is 7.02. The summed E-state index contributed by atoms with van der Waals surface area (Å²) in [6.07, 6.45) is 0. The van der Waals surface area contributed by atoms with Gasteiger partial charge in [-0.25, -0.2) is 0 Å². The van der Waals surface area contributed by atoms with Gasteiger partial charge in [-0.3, -0.25) is 0 Å². The van der Waals surface area contributed by atoms with Crippen LogP contribution in [0, 0.1) is 5.92 Å². The highest BCUT2D eigenvalue weighted by Crippen LogP contribution is 2.05. The number of rotatable bonds is 1. The average molecular weight is 165 g/mol. The molecule has 0 aromatic carbocycles. The quantitative estimate of drug-likeness (QED) is 0.591. The van der Waals surface area contributed by atoms with E-state index in [0.717, 1.165) is 0 Å². The lowest BCUT2D eigenvalue weighted by atomic mass is 10.2. The molecule has 0 heterocycles. The van der Waals surface area contributed by atoms with Crippen LogP contribution < -0.4 is 0 Å². The molecule has 2 heteroatoms. The summed E-state index contributed by atoms with van der Waals surface area (Å²) >= 11 is 3.00. The predicted molar refractivity (Wildman–Crippen MR) is 34.5 cm³/mol. The van der Waals surface area contributed by atoms with Crippen molar-refractivity contribution in [3.63, 3.8) is 0 Å². The third-order valence-electron chi connectivity index (χ3n) is 0.703. The maximum atomic E-state index is 8.75. The number of aliphatic hydroxyl groups excluding tert-OH is 1. The van der Waals surface area contributed by atoms with Gasteiger partial charge in [-0.05, 0) is 0 Å². The molecule has 0 radical (unpaired) electrons. The van der Waals surface area contributed by atoms with Crippen molar-refractivity contribution >= 4 is 15.9 Å². The van der Waals surface area contributed by atoms with E-state index < -0.39 is 0 Å². The summed E-state index contributed by atoms with van der Waals surface area (Å²) in [5.74, 6) is 0.624. The van der Waals surface area contributed by atoms with Crippen LogP contribution in [0.3, 0.4) is 0 Å². The SMILES string of the molecule is CC(C)C(O)=CBr. The number of hydrogen-bond acceptors (Lipinski definition) is 1. The van der Waals surface area contributed by atoms with Gasteiger partial charge in [-0.1, -0.05) is 29.8 Å². The molecule has 0 saturated heterocycles. The molecular weight excluding hydrogens is 156 g/mol. The van der Waals surface area contributed by atoms with Crippen LogP contribution in [0.15, 0.2) is 10.7 Å². The Balaban J connectivity index is 3.56. The minimum Gasteiger partial charge on any atom is -0.512 e. The molecule has 0 fully saturated rings. The minimum atomic E-state index is 0.236. The van der Waals surface area contributed by atoms with Crippen molar-refractivity contribution in [3.05, 3.63) is 10.7 Å². The fourth-order valence-electron chi connectivity index (χ4n) is 0.126. The van der Waals surface area contributed by atoms with E-state index in [-0.39, 0.29) is 5.92 Å². The third kappa shape index (κ3) is 2.68. The van der Waals surface area contributed by atoms with E-state index in [1.165, 1.54) is 4.99 Å². The fourth-order valence-corrected chi connectivity index (χ4v) is 0.655. The molecule has 42 valence electrons. The zero-order chi connectivity index (χ0) is 5.86. The third-order valence-corrected chi connectivity index (χ3v) is 1.17. The number of aliphatic hydroxyl groups is 1. The van der Waals surface area contributed by atoms with E-state index in [4.69, 9.17) is 5.11 Å². The average Bonchev–Trinajstić information content (AvgIpc) is 1.65. The van der Waals surface area contributed by atoms with Gasteiger partial charge in [-0.2, -0.15) is 0 Å². The summed E-state index contributed by atoms with van der Waals surface area (Å²) in [5, 5.41) is 8.75. The minimum absolute atomic E-state index is 0.236. The molecule has 0 aliphatic rings. The number of allylic oxidation sites excluding steroid dienone is 1. The van der Waals surface area contributed by atoms with E-state index in [1.807, 2.05) is 13.8 Å². The first-order valence-electron chi connectivity index (χ1n) is 2.17. The molecule has 0 atom stereocenters. The van der Waals surface area contributed by atoms with Crippen molar-refractivity contribution in [2.24, 2.45) is 5.92 Å². The molecule has 0 amide bonds. The second-order valence-electron chi connectivity index (χ2n) is 1.69. The molecular formula is C5H9BrO. The van der Waals surface area contributed by atoms with Crippen LogP contribution in [0.1, 0.15) is 13.8 Å². The zero-order valence-corrected chi connectivity index (χ0v) is 6.07. The van der Waals surface area contributed by atoms with Gasteiger partial charge in [0.1, 0.15) is 5.76 Å². The van der Waals surface area contributed by atoms with Crippen LogP contribution in [0.25, 0.3) is 0 Å². The molecule has 0 saturated carbocycles. The second kappa shape index (κ2) is 3.08. The molecule has 0 bridgehead atoms. The topological polar surface area (TPSA) is 20.2 Å². The Kier molecular flexibility index (Phi) is 3.09. The van der Waals surface area contributed by atoms with Gasteiger partial charge in [0, 0.05) is 10.9 Å². The van der Waals surface area contributed by atoms with E-state index in [0.29, 0.717) is 5.76 Å². The predicted octanol–water partition coefficient (Wildman–Crippen LogP) is 2.44. The monoisotopic (exact) mass is 164 g/mol. The Bertz CT molecular complexity index is 76.1. The van der Waals surface area contributed by atoms with Gasteiger partial charge in [-0.15, -0.1) is 0 Å². The Hall–Kier alpha value is 0.0200. The molecule has 7 heavy (non-hydrogen) atoms. The highest BCUT2D eigenvalue weighted by Gasteiger charge is 1.94. The summed E-state index contributed by atoms with van der Waals surface area (Å²) in [5.41, 5.74) is 0. The van der Waals surface area contributed by atoms with Crippen molar-refractivity contribution in [1.82, 2.24) is 0 Å².